The number of nitro groups is 2. The predicted octanol–water partition coefficient (Wildman–Crippen LogP) is 2.92. The van der Waals surface area contributed by atoms with Gasteiger partial charge < -0.3 is 4.74 Å². The lowest BCUT2D eigenvalue weighted by molar-refractivity contribution is -0.384. The Labute approximate surface area is 121 Å². The molecule has 108 valence electrons. The Kier molecular flexibility index (Phi) is 4.24. The molecule has 0 aliphatic heterocycles. The van der Waals surface area contributed by atoms with E-state index >= 15 is 0 Å². The number of ether oxygens (including phenoxy) is 1. The molecule has 0 spiro atoms. The van der Waals surface area contributed by atoms with Crippen LogP contribution in [0.1, 0.15) is 15.2 Å². The molecule has 0 radical (unpaired) electrons. The standard InChI is InChI=1S/C12H8N2O6S/c15-12(10-5-6-11(21-10)14(18)19)20-7-8-1-3-9(4-2-8)13(16)17/h1-6H,7H2. The van der Waals surface area contributed by atoms with Gasteiger partial charge in [0.2, 0.25) is 0 Å². The number of benzene rings is 1. The smallest absolute Gasteiger partial charge is 0.348 e. The molecule has 0 N–H and O–H groups in total. The van der Waals surface area contributed by atoms with Crippen molar-refractivity contribution in [3.63, 3.8) is 0 Å². The summed E-state index contributed by atoms with van der Waals surface area (Å²) in [5.41, 5.74) is 0.527. The molecule has 0 saturated carbocycles. The molecule has 2 aromatic rings. The van der Waals surface area contributed by atoms with Gasteiger partial charge in [-0.25, -0.2) is 4.79 Å². The molecule has 0 fully saturated rings. The Hall–Kier alpha value is -2.81. The highest BCUT2D eigenvalue weighted by molar-refractivity contribution is 7.17. The average molecular weight is 308 g/mol. The molecular formula is C12H8N2O6S. The highest BCUT2D eigenvalue weighted by atomic mass is 32.1. The van der Waals surface area contributed by atoms with Crippen molar-refractivity contribution in [3.8, 4) is 0 Å². The number of rotatable bonds is 5. The van der Waals surface area contributed by atoms with E-state index in [-0.39, 0.29) is 22.2 Å². The predicted molar refractivity (Wildman–Crippen MR) is 73.2 cm³/mol. The summed E-state index contributed by atoms with van der Waals surface area (Å²) in [5, 5.41) is 20.9. The largest absolute Gasteiger partial charge is 0.457 e. The Morgan fingerprint density at radius 1 is 1.05 bits per heavy atom. The van der Waals surface area contributed by atoms with E-state index in [2.05, 4.69) is 0 Å². The second kappa shape index (κ2) is 6.09. The van der Waals surface area contributed by atoms with Crippen LogP contribution in [0.5, 0.6) is 0 Å². The molecule has 0 atom stereocenters. The van der Waals surface area contributed by atoms with Crippen LogP contribution in [-0.4, -0.2) is 15.8 Å². The maximum absolute atomic E-state index is 11.7. The number of carbonyl (C=O) groups excluding carboxylic acids is 1. The van der Waals surface area contributed by atoms with Crippen molar-refractivity contribution < 1.29 is 19.4 Å². The van der Waals surface area contributed by atoms with E-state index in [9.17, 15) is 25.0 Å². The van der Waals surface area contributed by atoms with Crippen molar-refractivity contribution in [2.75, 3.05) is 0 Å². The van der Waals surface area contributed by atoms with Crippen molar-refractivity contribution in [2.24, 2.45) is 0 Å². The fourth-order valence-electron chi connectivity index (χ4n) is 1.47. The third kappa shape index (κ3) is 3.60. The highest BCUT2D eigenvalue weighted by Crippen LogP contribution is 2.24. The second-order valence-corrected chi connectivity index (χ2v) is 4.96. The van der Waals surface area contributed by atoms with Gasteiger partial charge in [-0.05, 0) is 23.8 Å². The SMILES string of the molecule is O=C(OCc1ccc([N+](=O)[O-])cc1)c1ccc([N+](=O)[O-])s1. The lowest BCUT2D eigenvalue weighted by Crippen LogP contribution is -2.03. The van der Waals surface area contributed by atoms with Crippen LogP contribution in [-0.2, 0) is 11.3 Å². The topological polar surface area (TPSA) is 113 Å². The minimum absolute atomic E-state index is 0.0565. The number of nitro benzene ring substituents is 1. The van der Waals surface area contributed by atoms with Crippen LogP contribution < -0.4 is 0 Å². The highest BCUT2D eigenvalue weighted by Gasteiger charge is 2.16. The monoisotopic (exact) mass is 308 g/mol. The molecule has 1 aromatic carbocycles. The lowest BCUT2D eigenvalue weighted by Gasteiger charge is -2.02. The summed E-state index contributed by atoms with van der Waals surface area (Å²) in [6.07, 6.45) is 0. The van der Waals surface area contributed by atoms with E-state index in [1.54, 1.807) is 0 Å². The van der Waals surface area contributed by atoms with Crippen molar-refractivity contribution in [3.05, 3.63) is 67.1 Å². The van der Waals surface area contributed by atoms with Crippen LogP contribution in [0.4, 0.5) is 10.7 Å². The lowest BCUT2D eigenvalue weighted by atomic mass is 10.2. The summed E-state index contributed by atoms with van der Waals surface area (Å²) >= 11 is 0.728. The zero-order valence-corrected chi connectivity index (χ0v) is 11.2. The average Bonchev–Trinajstić information content (AvgIpc) is 2.95. The summed E-state index contributed by atoms with van der Waals surface area (Å²) in [7, 11) is 0. The molecule has 9 heteroatoms. The number of esters is 1. The van der Waals surface area contributed by atoms with Crippen LogP contribution >= 0.6 is 11.3 Å². The van der Waals surface area contributed by atoms with E-state index in [0.717, 1.165) is 11.3 Å². The second-order valence-electron chi connectivity index (χ2n) is 3.89. The summed E-state index contributed by atoms with van der Waals surface area (Å²) in [5.74, 6) is -0.675. The van der Waals surface area contributed by atoms with Gasteiger partial charge >= 0.3 is 11.0 Å². The Balaban J connectivity index is 1.97. The van der Waals surface area contributed by atoms with Crippen LogP contribution in [0.15, 0.2) is 36.4 Å². The third-order valence-corrected chi connectivity index (χ3v) is 3.51. The molecule has 21 heavy (non-hydrogen) atoms. The maximum atomic E-state index is 11.7. The zero-order chi connectivity index (χ0) is 15.4. The first kappa shape index (κ1) is 14.6. The van der Waals surface area contributed by atoms with Gasteiger partial charge in [0, 0.05) is 18.2 Å². The van der Waals surface area contributed by atoms with Gasteiger partial charge in [-0.15, -0.1) is 0 Å². The number of non-ortho nitro benzene ring substituents is 1. The first-order chi connectivity index (χ1) is 9.97. The van der Waals surface area contributed by atoms with Gasteiger partial charge in [-0.2, -0.15) is 0 Å². The van der Waals surface area contributed by atoms with E-state index in [1.165, 1.54) is 36.4 Å². The normalized spacial score (nSPS) is 10.1. The Morgan fingerprint density at radius 3 is 2.24 bits per heavy atom. The summed E-state index contributed by atoms with van der Waals surface area (Å²) < 4.78 is 4.99. The van der Waals surface area contributed by atoms with Gasteiger partial charge in [0.15, 0.2) is 0 Å². The van der Waals surface area contributed by atoms with E-state index in [1.807, 2.05) is 0 Å². The molecule has 0 aliphatic rings. The van der Waals surface area contributed by atoms with Crippen molar-refractivity contribution >= 4 is 28.0 Å². The van der Waals surface area contributed by atoms with Gasteiger partial charge in [0.25, 0.3) is 5.69 Å². The number of hydrogen-bond acceptors (Lipinski definition) is 7. The fraction of sp³-hybridized carbons (Fsp3) is 0.0833. The molecule has 0 amide bonds. The number of nitrogens with zero attached hydrogens (tertiary/aromatic N) is 2. The van der Waals surface area contributed by atoms with Crippen LogP contribution in [0.2, 0.25) is 0 Å². The molecular weight excluding hydrogens is 300 g/mol. The number of hydrogen-bond donors (Lipinski definition) is 0. The van der Waals surface area contributed by atoms with Gasteiger partial charge in [-0.1, -0.05) is 11.3 Å². The zero-order valence-electron chi connectivity index (χ0n) is 10.4. The van der Waals surface area contributed by atoms with Crippen LogP contribution in [0.25, 0.3) is 0 Å². The first-order valence-electron chi connectivity index (χ1n) is 5.62. The molecule has 1 aromatic heterocycles. The molecule has 8 nitrogen and oxygen atoms in total. The van der Waals surface area contributed by atoms with E-state index in [4.69, 9.17) is 4.74 Å². The molecule has 2 rings (SSSR count). The van der Waals surface area contributed by atoms with Crippen LogP contribution in [0.3, 0.4) is 0 Å². The molecule has 0 bridgehead atoms. The van der Waals surface area contributed by atoms with Crippen molar-refractivity contribution in [1.29, 1.82) is 0 Å². The number of carbonyl (C=O) groups is 1. The quantitative estimate of drug-likeness (QED) is 0.476. The van der Waals surface area contributed by atoms with Crippen LogP contribution in [0, 0.1) is 20.2 Å². The minimum atomic E-state index is -0.675. The molecule has 1 heterocycles. The summed E-state index contributed by atoms with van der Waals surface area (Å²) in [6.45, 7) is -0.0669. The minimum Gasteiger partial charge on any atom is -0.457 e. The number of thiophene rings is 1. The third-order valence-electron chi connectivity index (χ3n) is 2.49. The summed E-state index contributed by atoms with van der Waals surface area (Å²) in [4.78, 5) is 31.7. The van der Waals surface area contributed by atoms with Gasteiger partial charge in [-0.3, -0.25) is 20.2 Å². The fourth-order valence-corrected chi connectivity index (χ4v) is 2.18. The van der Waals surface area contributed by atoms with Crippen molar-refractivity contribution in [2.45, 2.75) is 6.61 Å². The van der Waals surface area contributed by atoms with Gasteiger partial charge in [0.1, 0.15) is 11.5 Å². The van der Waals surface area contributed by atoms with E-state index in [0.29, 0.717) is 5.56 Å². The molecule has 0 saturated heterocycles. The van der Waals surface area contributed by atoms with Gasteiger partial charge in [0.05, 0.1) is 9.85 Å². The first-order valence-corrected chi connectivity index (χ1v) is 6.43. The Morgan fingerprint density at radius 2 is 1.71 bits per heavy atom. The maximum Gasteiger partial charge on any atom is 0.348 e. The van der Waals surface area contributed by atoms with E-state index < -0.39 is 15.8 Å². The van der Waals surface area contributed by atoms with Crippen molar-refractivity contribution in [1.82, 2.24) is 0 Å². The Bertz CT molecular complexity index is 694. The summed E-state index contributed by atoms with van der Waals surface area (Å²) in [6, 6.07) is 8.11. The molecule has 0 unspecified atom stereocenters. The molecule has 0 aliphatic carbocycles.